The molecule has 1 unspecified atom stereocenters. The van der Waals surface area contributed by atoms with Crippen LogP contribution in [0.4, 0.5) is 0 Å². The number of aromatic nitrogens is 3. The number of hydrogen-bond donors (Lipinski definition) is 1. The predicted octanol–water partition coefficient (Wildman–Crippen LogP) is 1.98. The fourth-order valence-corrected chi connectivity index (χ4v) is 3.38. The highest BCUT2D eigenvalue weighted by Crippen LogP contribution is 2.36. The summed E-state index contributed by atoms with van der Waals surface area (Å²) >= 11 is 1.72. The van der Waals surface area contributed by atoms with Gasteiger partial charge in [-0.2, -0.15) is 0 Å². The second-order valence-electron chi connectivity index (χ2n) is 4.22. The maximum Gasteiger partial charge on any atom is 0.188 e. The van der Waals surface area contributed by atoms with Crippen molar-refractivity contribution in [2.24, 2.45) is 5.73 Å². The molecule has 88 valence electrons. The highest BCUT2D eigenvalue weighted by atomic mass is 32.1. The number of nitrogens with zero attached hydrogens (tertiary/aromatic N) is 3. The third kappa shape index (κ3) is 1.96. The molecule has 0 radical (unpaired) electrons. The minimum Gasteiger partial charge on any atom is -0.330 e. The van der Waals surface area contributed by atoms with Gasteiger partial charge in [-0.15, -0.1) is 11.3 Å². The van der Waals surface area contributed by atoms with Gasteiger partial charge in [-0.25, -0.2) is 15.0 Å². The zero-order valence-electron chi connectivity index (χ0n) is 9.47. The summed E-state index contributed by atoms with van der Waals surface area (Å²) in [4.78, 5) is 14.6. The molecule has 0 saturated heterocycles. The number of hydrogen-bond acceptors (Lipinski definition) is 5. The Morgan fingerprint density at radius 2 is 2.18 bits per heavy atom. The van der Waals surface area contributed by atoms with Gasteiger partial charge in [0.2, 0.25) is 0 Å². The summed E-state index contributed by atoms with van der Waals surface area (Å²) in [6, 6.07) is 1.82. The summed E-state index contributed by atoms with van der Waals surface area (Å²) < 4.78 is 0. The van der Waals surface area contributed by atoms with Gasteiger partial charge in [0.1, 0.15) is 0 Å². The molecule has 2 aromatic heterocycles. The van der Waals surface area contributed by atoms with Crippen molar-refractivity contribution in [3.05, 3.63) is 29.0 Å². The molecule has 5 heteroatoms. The van der Waals surface area contributed by atoms with E-state index in [2.05, 4.69) is 15.0 Å². The second-order valence-corrected chi connectivity index (χ2v) is 5.31. The van der Waals surface area contributed by atoms with Gasteiger partial charge in [0.05, 0.1) is 5.69 Å². The van der Waals surface area contributed by atoms with Crippen LogP contribution in [0, 0.1) is 0 Å². The molecule has 0 fully saturated rings. The first kappa shape index (κ1) is 10.8. The molecule has 3 rings (SSSR count). The lowest BCUT2D eigenvalue weighted by molar-refractivity contribution is 0.554. The van der Waals surface area contributed by atoms with Crippen LogP contribution in [0.25, 0.3) is 10.8 Å². The Hall–Kier alpha value is -1.33. The lowest BCUT2D eigenvalue weighted by atomic mass is 9.91. The molecule has 0 saturated carbocycles. The minimum atomic E-state index is 0.424. The average Bonchev–Trinajstić information content (AvgIpc) is 2.83. The van der Waals surface area contributed by atoms with Crippen molar-refractivity contribution < 1.29 is 0 Å². The van der Waals surface area contributed by atoms with Crippen molar-refractivity contribution in [3.63, 3.8) is 0 Å². The van der Waals surface area contributed by atoms with Crippen LogP contribution >= 0.6 is 11.3 Å². The summed E-state index contributed by atoms with van der Waals surface area (Å²) in [7, 11) is 0. The van der Waals surface area contributed by atoms with E-state index >= 15 is 0 Å². The highest BCUT2D eigenvalue weighted by molar-refractivity contribution is 7.15. The van der Waals surface area contributed by atoms with Crippen LogP contribution in [0.2, 0.25) is 0 Å². The predicted molar refractivity (Wildman–Crippen MR) is 67.9 cm³/mol. The van der Waals surface area contributed by atoms with E-state index in [1.54, 1.807) is 23.7 Å². The van der Waals surface area contributed by atoms with Crippen LogP contribution in [0.15, 0.2) is 18.5 Å². The van der Waals surface area contributed by atoms with Crippen molar-refractivity contribution in [2.75, 3.05) is 6.54 Å². The number of nitrogens with two attached hydrogens (primary N) is 1. The SMILES string of the molecule is NCC1CCCc2sc(-c3ncccn3)nc21. The van der Waals surface area contributed by atoms with Gasteiger partial charge in [-0.1, -0.05) is 0 Å². The Labute approximate surface area is 104 Å². The Morgan fingerprint density at radius 1 is 1.35 bits per heavy atom. The quantitative estimate of drug-likeness (QED) is 0.880. The van der Waals surface area contributed by atoms with E-state index in [-0.39, 0.29) is 0 Å². The fourth-order valence-electron chi connectivity index (χ4n) is 2.24. The zero-order chi connectivity index (χ0) is 11.7. The molecule has 17 heavy (non-hydrogen) atoms. The van der Waals surface area contributed by atoms with E-state index in [1.807, 2.05) is 6.07 Å². The molecule has 4 nitrogen and oxygen atoms in total. The Bertz CT molecular complexity index is 508. The maximum atomic E-state index is 5.80. The third-order valence-electron chi connectivity index (χ3n) is 3.11. The van der Waals surface area contributed by atoms with Crippen molar-refractivity contribution >= 4 is 11.3 Å². The summed E-state index contributed by atoms with van der Waals surface area (Å²) in [6.07, 6.45) is 7.00. The van der Waals surface area contributed by atoms with Crippen LogP contribution in [0.1, 0.15) is 29.3 Å². The third-order valence-corrected chi connectivity index (χ3v) is 4.24. The normalized spacial score (nSPS) is 19.0. The summed E-state index contributed by atoms with van der Waals surface area (Å²) in [5, 5.41) is 0.927. The first-order valence-corrected chi connectivity index (χ1v) is 6.67. The van der Waals surface area contributed by atoms with E-state index in [4.69, 9.17) is 5.73 Å². The van der Waals surface area contributed by atoms with Crippen LogP contribution in [0.3, 0.4) is 0 Å². The first-order valence-electron chi connectivity index (χ1n) is 5.85. The topological polar surface area (TPSA) is 64.7 Å². The van der Waals surface area contributed by atoms with Gasteiger partial charge in [0, 0.05) is 29.7 Å². The van der Waals surface area contributed by atoms with Gasteiger partial charge in [-0.05, 0) is 25.3 Å². The molecule has 2 heterocycles. The Kier molecular flexibility index (Phi) is 2.86. The van der Waals surface area contributed by atoms with Gasteiger partial charge < -0.3 is 5.73 Å². The molecule has 2 aromatic rings. The van der Waals surface area contributed by atoms with Gasteiger partial charge in [0.15, 0.2) is 10.8 Å². The summed E-state index contributed by atoms with van der Waals surface area (Å²) in [6.45, 7) is 0.686. The number of fused-ring (bicyclic) bond motifs is 1. The van der Waals surface area contributed by atoms with E-state index in [0.29, 0.717) is 12.5 Å². The molecule has 0 amide bonds. The monoisotopic (exact) mass is 246 g/mol. The first-order chi connectivity index (χ1) is 8.38. The maximum absolute atomic E-state index is 5.80. The van der Waals surface area contributed by atoms with Crippen molar-refractivity contribution in [1.82, 2.24) is 15.0 Å². The average molecular weight is 246 g/mol. The van der Waals surface area contributed by atoms with Gasteiger partial charge in [0.25, 0.3) is 0 Å². The lowest BCUT2D eigenvalue weighted by Gasteiger charge is -2.18. The molecule has 1 aliphatic rings. The minimum absolute atomic E-state index is 0.424. The molecule has 0 spiro atoms. The van der Waals surface area contributed by atoms with Gasteiger partial charge in [-0.3, -0.25) is 0 Å². The molecule has 0 aliphatic heterocycles. The van der Waals surface area contributed by atoms with Crippen LogP contribution < -0.4 is 5.73 Å². The molecule has 0 bridgehead atoms. The Morgan fingerprint density at radius 3 is 2.94 bits per heavy atom. The Balaban J connectivity index is 2.02. The second kappa shape index (κ2) is 4.50. The largest absolute Gasteiger partial charge is 0.330 e. The van der Waals surface area contributed by atoms with E-state index in [1.165, 1.54) is 17.0 Å². The molecular weight excluding hydrogens is 232 g/mol. The van der Waals surface area contributed by atoms with Crippen molar-refractivity contribution in [1.29, 1.82) is 0 Å². The number of thiazole rings is 1. The van der Waals surface area contributed by atoms with Crippen LogP contribution in [-0.2, 0) is 6.42 Å². The van der Waals surface area contributed by atoms with E-state index < -0.39 is 0 Å². The number of rotatable bonds is 2. The summed E-state index contributed by atoms with van der Waals surface area (Å²) in [5.41, 5.74) is 6.99. The van der Waals surface area contributed by atoms with E-state index in [0.717, 1.165) is 23.7 Å². The molecule has 1 atom stereocenters. The van der Waals surface area contributed by atoms with Crippen molar-refractivity contribution in [3.8, 4) is 10.8 Å². The standard InChI is InChI=1S/C12H14N4S/c13-7-8-3-1-4-9-10(8)16-12(17-9)11-14-5-2-6-15-11/h2,5-6,8H,1,3-4,7,13H2. The lowest BCUT2D eigenvalue weighted by Crippen LogP contribution is -2.17. The summed E-state index contributed by atoms with van der Waals surface area (Å²) in [5.74, 6) is 1.15. The zero-order valence-corrected chi connectivity index (χ0v) is 10.3. The van der Waals surface area contributed by atoms with Gasteiger partial charge >= 0.3 is 0 Å². The van der Waals surface area contributed by atoms with Crippen LogP contribution in [0.5, 0.6) is 0 Å². The van der Waals surface area contributed by atoms with E-state index in [9.17, 15) is 0 Å². The molecule has 2 N–H and O–H groups in total. The number of aryl methyl sites for hydroxylation is 1. The fraction of sp³-hybridized carbons (Fsp3) is 0.417. The molecule has 0 aromatic carbocycles. The van der Waals surface area contributed by atoms with Crippen molar-refractivity contribution in [2.45, 2.75) is 25.2 Å². The smallest absolute Gasteiger partial charge is 0.188 e. The van der Waals surface area contributed by atoms with Crippen LogP contribution in [-0.4, -0.2) is 21.5 Å². The highest BCUT2D eigenvalue weighted by Gasteiger charge is 2.24. The molecule has 1 aliphatic carbocycles. The molecular formula is C12H14N4S.